The third-order valence-electron chi connectivity index (χ3n) is 5.28. The van der Waals surface area contributed by atoms with Crippen LogP contribution in [-0.4, -0.2) is 66.4 Å². The van der Waals surface area contributed by atoms with Crippen molar-refractivity contribution in [2.24, 2.45) is 5.92 Å². The van der Waals surface area contributed by atoms with Crippen molar-refractivity contribution in [1.82, 2.24) is 10.2 Å². The third-order valence-corrected chi connectivity index (χ3v) is 5.28. The molecule has 0 saturated carbocycles. The van der Waals surface area contributed by atoms with Gasteiger partial charge >= 0.3 is 6.18 Å². The number of piperidine rings is 1. The van der Waals surface area contributed by atoms with Crippen LogP contribution in [0.15, 0.2) is 18.2 Å². The Bertz CT molecular complexity index is 976. The number of carboxylic acid groups (broad SMARTS) is 1. The summed E-state index contributed by atoms with van der Waals surface area (Å²) in [7, 11) is 0. The normalized spacial score (nSPS) is 20.7. The van der Waals surface area contributed by atoms with E-state index in [-0.39, 0.29) is 18.7 Å². The van der Waals surface area contributed by atoms with Crippen LogP contribution >= 0.6 is 0 Å². The van der Waals surface area contributed by atoms with Crippen LogP contribution in [0.25, 0.3) is 0 Å². The van der Waals surface area contributed by atoms with E-state index in [0.717, 1.165) is 24.5 Å². The van der Waals surface area contributed by atoms with E-state index >= 15 is 0 Å². The Kier molecular flexibility index (Phi) is 6.48. The molecule has 1 aromatic carbocycles. The molecule has 0 aliphatic carbocycles. The first-order chi connectivity index (χ1) is 15.0. The number of halogens is 3. The number of aliphatic carboxylic acids is 1. The molecule has 2 fully saturated rings. The Balaban J connectivity index is 0.000000360. The van der Waals surface area contributed by atoms with Crippen molar-refractivity contribution >= 4 is 35.3 Å². The van der Waals surface area contributed by atoms with E-state index < -0.39 is 35.9 Å². The summed E-state index contributed by atoms with van der Waals surface area (Å²) in [6, 6.07) is 4.18. The van der Waals surface area contributed by atoms with Gasteiger partial charge in [-0.05, 0) is 18.6 Å². The molecule has 3 heterocycles. The number of hydrogen-bond acceptors (Lipinski definition) is 7. The monoisotopic (exact) mass is 456 g/mol. The number of carbonyl (C=O) groups is 5. The Morgan fingerprint density at radius 2 is 1.84 bits per heavy atom. The molecule has 0 spiro atoms. The molecule has 0 radical (unpaired) electrons. The number of carboxylic acids is 1. The van der Waals surface area contributed by atoms with Gasteiger partial charge in [-0.15, -0.1) is 0 Å². The van der Waals surface area contributed by atoms with Crippen molar-refractivity contribution in [2.45, 2.75) is 25.1 Å². The molecule has 2 saturated heterocycles. The first-order valence-corrected chi connectivity index (χ1v) is 9.69. The van der Waals surface area contributed by atoms with Crippen LogP contribution < -0.4 is 21.1 Å². The lowest BCUT2D eigenvalue weighted by molar-refractivity contribution is -0.721. The van der Waals surface area contributed by atoms with Crippen molar-refractivity contribution < 1.29 is 47.6 Å². The summed E-state index contributed by atoms with van der Waals surface area (Å²) < 4.78 is 31.5. The smallest absolute Gasteiger partial charge is 0.430 e. The van der Waals surface area contributed by atoms with Gasteiger partial charge in [0.05, 0.1) is 30.1 Å². The summed E-state index contributed by atoms with van der Waals surface area (Å²) in [5, 5.41) is 16.5. The highest BCUT2D eigenvalue weighted by Crippen LogP contribution is 2.32. The number of alkyl halides is 3. The minimum atomic E-state index is -5.19. The van der Waals surface area contributed by atoms with Crippen LogP contribution in [0.1, 0.15) is 33.6 Å². The van der Waals surface area contributed by atoms with Gasteiger partial charge in [-0.1, -0.05) is 6.07 Å². The minimum absolute atomic E-state index is 0.118. The molecule has 1 unspecified atom stereocenters. The summed E-state index contributed by atoms with van der Waals surface area (Å²) in [6.45, 7) is 2.85. The number of nitrogens with two attached hydrogens (primary N) is 1. The number of benzene rings is 1. The van der Waals surface area contributed by atoms with Crippen molar-refractivity contribution in [3.63, 3.8) is 0 Å². The van der Waals surface area contributed by atoms with E-state index in [4.69, 9.17) is 9.90 Å². The van der Waals surface area contributed by atoms with Crippen LogP contribution in [-0.2, 0) is 14.4 Å². The van der Waals surface area contributed by atoms with Gasteiger partial charge in [0.25, 0.3) is 11.8 Å². The average Bonchev–Trinajstić information content (AvgIpc) is 2.92. The quantitative estimate of drug-likeness (QED) is 0.443. The molecule has 0 bridgehead atoms. The number of quaternary nitrogens is 1. The van der Waals surface area contributed by atoms with E-state index in [1.54, 1.807) is 18.2 Å². The third kappa shape index (κ3) is 4.72. The number of hydrogen-bond donors (Lipinski definition) is 3. The van der Waals surface area contributed by atoms with Crippen molar-refractivity contribution in [3.8, 4) is 0 Å². The van der Waals surface area contributed by atoms with Crippen molar-refractivity contribution in [1.29, 1.82) is 0 Å². The Morgan fingerprint density at radius 1 is 1.19 bits per heavy atom. The number of amides is 4. The zero-order chi connectivity index (χ0) is 23.6. The van der Waals surface area contributed by atoms with Crippen LogP contribution in [0.5, 0.6) is 0 Å². The maximum atomic E-state index is 12.9. The first kappa shape index (κ1) is 23.2. The number of anilines is 1. The fraction of sp³-hybridized carbons (Fsp3) is 0.421. The molecule has 10 nitrogen and oxygen atoms in total. The number of rotatable bonds is 4. The van der Waals surface area contributed by atoms with E-state index in [0.29, 0.717) is 22.7 Å². The molecule has 4 amide bonds. The maximum Gasteiger partial charge on any atom is 0.430 e. The second kappa shape index (κ2) is 8.94. The standard InChI is InChI=1S/C17H18N4O4.C2HF3O2/c22-13-5-4-12(15(23)20-13)21-16(24)10-2-1-3-11(14(10)17(21)25)19-8-9-6-18-7-9;3-2(4,5)1(6)7/h1-3,9,12,18-19H,4-8H2,(H,20,22,23);(H,6,7). The van der Waals surface area contributed by atoms with Gasteiger partial charge < -0.3 is 20.5 Å². The summed E-state index contributed by atoms with van der Waals surface area (Å²) in [6.07, 6.45) is -4.91. The zero-order valence-electron chi connectivity index (χ0n) is 16.5. The maximum absolute atomic E-state index is 12.9. The van der Waals surface area contributed by atoms with Crippen LogP contribution in [0.4, 0.5) is 18.9 Å². The van der Waals surface area contributed by atoms with E-state index in [2.05, 4.69) is 16.0 Å². The predicted octanol–water partition coefficient (Wildman–Crippen LogP) is -2.01. The van der Waals surface area contributed by atoms with Gasteiger partial charge in [-0.25, -0.2) is 0 Å². The zero-order valence-corrected chi connectivity index (χ0v) is 16.5. The molecular formula is C19H19F3N4O6. The highest BCUT2D eigenvalue weighted by Gasteiger charge is 2.45. The summed E-state index contributed by atoms with van der Waals surface area (Å²) in [5.74, 6) is -4.38. The second-order valence-electron chi connectivity index (χ2n) is 7.47. The second-order valence-corrected chi connectivity index (χ2v) is 7.47. The SMILES string of the molecule is O=C([O-])C(F)(F)F.O=C1CCC(N2C(=O)c3cccc(NCC4C[NH2+]C4)c3C2=O)C(=O)N1. The molecule has 4 N–H and O–H groups in total. The Hall–Kier alpha value is -3.48. The number of nitrogens with zero attached hydrogens (tertiary/aromatic N) is 1. The van der Waals surface area contributed by atoms with Crippen LogP contribution in [0.2, 0.25) is 0 Å². The molecule has 3 aliphatic rings. The molecule has 0 aromatic heterocycles. The first-order valence-electron chi connectivity index (χ1n) is 9.69. The van der Waals surface area contributed by atoms with E-state index in [9.17, 15) is 32.3 Å². The minimum Gasteiger partial charge on any atom is -0.542 e. The summed E-state index contributed by atoms with van der Waals surface area (Å²) in [5.41, 5.74) is 1.25. The summed E-state index contributed by atoms with van der Waals surface area (Å²) >= 11 is 0. The number of carbonyl (C=O) groups excluding carboxylic acids is 5. The lowest BCUT2D eigenvalue weighted by Crippen LogP contribution is -2.96. The predicted molar refractivity (Wildman–Crippen MR) is 97.8 cm³/mol. The van der Waals surface area contributed by atoms with Gasteiger partial charge in [0.1, 0.15) is 12.0 Å². The Morgan fingerprint density at radius 3 is 2.38 bits per heavy atom. The van der Waals surface area contributed by atoms with Gasteiger partial charge in [-0.2, -0.15) is 13.2 Å². The molecule has 32 heavy (non-hydrogen) atoms. The topological polar surface area (TPSA) is 152 Å². The Labute approximate surface area is 179 Å². The lowest BCUT2D eigenvalue weighted by Gasteiger charge is -2.28. The molecule has 3 aliphatic heterocycles. The highest BCUT2D eigenvalue weighted by molar-refractivity contribution is 6.25. The van der Waals surface area contributed by atoms with Gasteiger partial charge in [-0.3, -0.25) is 29.4 Å². The van der Waals surface area contributed by atoms with Crippen molar-refractivity contribution in [2.75, 3.05) is 25.0 Å². The molecule has 172 valence electrons. The number of imide groups is 2. The van der Waals surface area contributed by atoms with Crippen molar-refractivity contribution in [3.05, 3.63) is 29.3 Å². The molecule has 13 heteroatoms. The highest BCUT2D eigenvalue weighted by atomic mass is 19.4. The van der Waals surface area contributed by atoms with Crippen LogP contribution in [0, 0.1) is 5.92 Å². The average molecular weight is 456 g/mol. The summed E-state index contributed by atoms with van der Waals surface area (Å²) in [4.78, 5) is 58.8. The largest absolute Gasteiger partial charge is 0.542 e. The lowest BCUT2D eigenvalue weighted by atomic mass is 10.0. The van der Waals surface area contributed by atoms with Gasteiger partial charge in [0, 0.05) is 18.7 Å². The fourth-order valence-electron chi connectivity index (χ4n) is 3.49. The van der Waals surface area contributed by atoms with E-state index in [1.165, 1.54) is 0 Å². The van der Waals surface area contributed by atoms with Gasteiger partial charge in [0.15, 0.2) is 0 Å². The molecule has 1 atom stereocenters. The van der Waals surface area contributed by atoms with Gasteiger partial charge in [0.2, 0.25) is 11.8 Å². The molecular weight excluding hydrogens is 437 g/mol. The molecule has 4 rings (SSSR count). The van der Waals surface area contributed by atoms with Crippen LogP contribution in [0.3, 0.4) is 0 Å². The molecule has 1 aromatic rings. The fourth-order valence-corrected chi connectivity index (χ4v) is 3.49. The number of nitrogens with one attached hydrogen (secondary N) is 2. The van der Waals surface area contributed by atoms with E-state index in [1.807, 2.05) is 0 Å². The number of fused-ring (bicyclic) bond motifs is 1.